The van der Waals surface area contributed by atoms with Crippen LogP contribution in [0.1, 0.15) is 278 Å². The minimum Gasteiger partial charge on any atom is -0.462 e. The molecule has 0 aromatic heterocycles. The third kappa shape index (κ3) is 58.8. The van der Waals surface area contributed by atoms with Gasteiger partial charge in [-0.25, -0.2) is 0 Å². The van der Waals surface area contributed by atoms with Crippen LogP contribution in [0.5, 0.6) is 0 Å². The highest BCUT2D eigenvalue weighted by Crippen LogP contribution is 2.15. The van der Waals surface area contributed by atoms with Gasteiger partial charge in [0.15, 0.2) is 6.10 Å². The normalized spacial score (nSPS) is 12.9. The van der Waals surface area contributed by atoms with Crippen LogP contribution >= 0.6 is 0 Å². The molecule has 0 aromatic rings. The molecule has 1 atom stereocenters. The lowest BCUT2D eigenvalue weighted by Gasteiger charge is -2.18. The third-order valence-electron chi connectivity index (χ3n) is 12.7. The van der Waals surface area contributed by atoms with Crippen molar-refractivity contribution in [3.63, 3.8) is 0 Å². The summed E-state index contributed by atoms with van der Waals surface area (Å²) in [5.41, 5.74) is 0. The van der Waals surface area contributed by atoms with Gasteiger partial charge < -0.3 is 14.2 Å². The molecule has 0 spiro atoms. The zero-order chi connectivity index (χ0) is 52.9. The van der Waals surface area contributed by atoms with Crippen LogP contribution in [-0.2, 0) is 28.6 Å². The highest BCUT2D eigenvalue weighted by Gasteiger charge is 2.19. The van der Waals surface area contributed by atoms with Gasteiger partial charge in [0, 0.05) is 19.3 Å². The number of ether oxygens (including phenoxy) is 3. The third-order valence-corrected chi connectivity index (χ3v) is 12.7. The molecule has 0 bridgehead atoms. The van der Waals surface area contributed by atoms with E-state index >= 15 is 0 Å². The molecule has 0 fully saturated rings. The van der Waals surface area contributed by atoms with Gasteiger partial charge in [-0.15, -0.1) is 0 Å². The molecule has 0 N–H and O–H groups in total. The zero-order valence-corrected chi connectivity index (χ0v) is 47.6. The summed E-state index contributed by atoms with van der Waals surface area (Å²) in [4.78, 5) is 38.2. The lowest BCUT2D eigenvalue weighted by atomic mass is 10.0. The van der Waals surface area contributed by atoms with Gasteiger partial charge in [-0.3, -0.25) is 14.4 Å². The number of carbonyl (C=O) groups is 3. The first kappa shape index (κ1) is 69.1. The SMILES string of the molecule is CC/C=C\C/C=C\C/C=C\C/C=C\CCCCCCCCCCCCCCC(=O)OCC(COC(=O)CCCCCCC/C=C\C/C=C\CCCCC)OC(=O)CCCCCCC/C=C\C/C=C\C/C=C\CC. The Morgan fingerprint density at radius 3 is 0.836 bits per heavy atom. The maximum absolute atomic E-state index is 12.9. The Morgan fingerprint density at radius 1 is 0.288 bits per heavy atom. The number of esters is 3. The molecule has 0 rings (SSSR count). The smallest absolute Gasteiger partial charge is 0.306 e. The van der Waals surface area contributed by atoms with Gasteiger partial charge in [0.25, 0.3) is 0 Å². The summed E-state index contributed by atoms with van der Waals surface area (Å²) in [6.07, 6.45) is 82.3. The number of hydrogen-bond acceptors (Lipinski definition) is 6. The molecule has 73 heavy (non-hydrogen) atoms. The second-order valence-electron chi connectivity index (χ2n) is 19.8. The van der Waals surface area contributed by atoms with Crippen LogP contribution in [0, 0.1) is 0 Å². The van der Waals surface area contributed by atoms with Crippen molar-refractivity contribution in [3.05, 3.63) is 109 Å². The lowest BCUT2D eigenvalue weighted by molar-refractivity contribution is -0.167. The fraction of sp³-hybridized carbons (Fsp3) is 0.687. The van der Waals surface area contributed by atoms with Gasteiger partial charge >= 0.3 is 17.9 Å². The Hall–Kier alpha value is -3.93. The molecule has 416 valence electrons. The Balaban J connectivity index is 4.35. The first-order chi connectivity index (χ1) is 36.0. The van der Waals surface area contributed by atoms with E-state index in [2.05, 4.69) is 130 Å². The van der Waals surface area contributed by atoms with Crippen molar-refractivity contribution in [3.8, 4) is 0 Å². The summed E-state index contributed by atoms with van der Waals surface area (Å²) in [6.45, 7) is 6.37. The van der Waals surface area contributed by atoms with Crippen molar-refractivity contribution < 1.29 is 28.6 Å². The molecular weight excluding hydrogens is 901 g/mol. The highest BCUT2D eigenvalue weighted by molar-refractivity contribution is 5.71. The van der Waals surface area contributed by atoms with Gasteiger partial charge in [0.05, 0.1) is 0 Å². The standard InChI is InChI=1S/C67H112O6/c1-4-7-10-13-16-19-22-25-28-29-30-31-32-33-34-35-36-37-40-42-45-48-51-54-57-60-66(69)72-63-64(73-67(70)61-58-55-52-49-46-43-39-27-24-21-18-15-12-9-6-3)62-71-65(68)59-56-53-50-47-44-41-38-26-23-20-17-14-11-8-5-2/h7,9-10,12,16-21,25-28,30-31,38-39,64H,4-6,8,11,13-15,22-24,29,32-37,40-63H2,1-3H3/b10-7-,12-9-,19-16-,20-17-,21-18-,28-25-,31-30-,38-26-,39-27-. The van der Waals surface area contributed by atoms with Crippen LogP contribution in [0.15, 0.2) is 109 Å². The van der Waals surface area contributed by atoms with Crippen molar-refractivity contribution in [2.45, 2.75) is 284 Å². The highest BCUT2D eigenvalue weighted by atomic mass is 16.6. The second kappa shape index (κ2) is 60.6. The molecule has 6 heteroatoms. The van der Waals surface area contributed by atoms with E-state index in [-0.39, 0.29) is 31.1 Å². The Labute approximate surface area is 450 Å². The Bertz CT molecular complexity index is 1490. The quantitative estimate of drug-likeness (QED) is 0.0261. The molecule has 0 aliphatic heterocycles. The number of allylic oxidation sites excluding steroid dienone is 18. The number of rotatable bonds is 54. The average molecular weight is 1010 g/mol. The Kier molecular flexibility index (Phi) is 57.4. The van der Waals surface area contributed by atoms with Crippen molar-refractivity contribution >= 4 is 17.9 Å². The van der Waals surface area contributed by atoms with Crippen molar-refractivity contribution in [2.75, 3.05) is 13.2 Å². The van der Waals surface area contributed by atoms with Crippen molar-refractivity contribution in [1.82, 2.24) is 0 Å². The Morgan fingerprint density at radius 2 is 0.534 bits per heavy atom. The molecule has 0 aliphatic carbocycles. The van der Waals surface area contributed by atoms with E-state index in [4.69, 9.17) is 14.2 Å². The van der Waals surface area contributed by atoms with Gasteiger partial charge in [0.1, 0.15) is 13.2 Å². The number of unbranched alkanes of at least 4 members (excludes halogenated alkanes) is 25. The van der Waals surface area contributed by atoms with Gasteiger partial charge in [-0.1, -0.05) is 246 Å². The summed E-state index contributed by atoms with van der Waals surface area (Å²) in [7, 11) is 0. The average Bonchev–Trinajstić information content (AvgIpc) is 3.39. The first-order valence-electron chi connectivity index (χ1n) is 30.4. The van der Waals surface area contributed by atoms with Gasteiger partial charge in [0.2, 0.25) is 0 Å². The van der Waals surface area contributed by atoms with E-state index in [1.807, 2.05) is 0 Å². The summed E-state index contributed by atoms with van der Waals surface area (Å²) in [5, 5.41) is 0. The lowest BCUT2D eigenvalue weighted by Crippen LogP contribution is -2.30. The van der Waals surface area contributed by atoms with E-state index in [1.165, 1.54) is 89.9 Å². The number of carbonyl (C=O) groups excluding carboxylic acids is 3. The predicted octanol–water partition coefficient (Wildman–Crippen LogP) is 20.7. The van der Waals surface area contributed by atoms with Crippen molar-refractivity contribution in [2.24, 2.45) is 0 Å². The van der Waals surface area contributed by atoms with E-state index in [1.54, 1.807) is 0 Å². The summed E-state index contributed by atoms with van der Waals surface area (Å²) >= 11 is 0. The van der Waals surface area contributed by atoms with E-state index in [0.29, 0.717) is 19.3 Å². The molecule has 0 heterocycles. The molecule has 1 unspecified atom stereocenters. The molecule has 0 radical (unpaired) electrons. The van der Waals surface area contributed by atoms with E-state index in [0.717, 1.165) is 148 Å². The number of hydrogen-bond donors (Lipinski definition) is 0. The van der Waals surface area contributed by atoms with Gasteiger partial charge in [-0.2, -0.15) is 0 Å². The fourth-order valence-electron chi connectivity index (χ4n) is 8.24. The minimum atomic E-state index is -0.796. The molecule has 0 amide bonds. The van der Waals surface area contributed by atoms with Gasteiger partial charge in [-0.05, 0) is 122 Å². The van der Waals surface area contributed by atoms with E-state index < -0.39 is 6.10 Å². The van der Waals surface area contributed by atoms with Crippen molar-refractivity contribution in [1.29, 1.82) is 0 Å². The predicted molar refractivity (Wildman–Crippen MR) is 316 cm³/mol. The van der Waals surface area contributed by atoms with Crippen LogP contribution in [0.25, 0.3) is 0 Å². The molecular formula is C67H112O6. The fourth-order valence-corrected chi connectivity index (χ4v) is 8.24. The van der Waals surface area contributed by atoms with Crippen LogP contribution in [0.2, 0.25) is 0 Å². The first-order valence-corrected chi connectivity index (χ1v) is 30.4. The monoisotopic (exact) mass is 1010 g/mol. The minimum absolute atomic E-state index is 0.0912. The van der Waals surface area contributed by atoms with Crippen LogP contribution in [0.3, 0.4) is 0 Å². The van der Waals surface area contributed by atoms with E-state index in [9.17, 15) is 14.4 Å². The second-order valence-corrected chi connectivity index (χ2v) is 19.8. The van der Waals surface area contributed by atoms with Crippen LogP contribution in [-0.4, -0.2) is 37.2 Å². The largest absolute Gasteiger partial charge is 0.462 e. The topological polar surface area (TPSA) is 78.9 Å². The summed E-state index contributed by atoms with van der Waals surface area (Å²) < 4.78 is 16.9. The molecule has 0 saturated carbocycles. The molecule has 6 nitrogen and oxygen atoms in total. The summed E-state index contributed by atoms with van der Waals surface area (Å²) in [5.74, 6) is -0.920. The maximum Gasteiger partial charge on any atom is 0.306 e. The summed E-state index contributed by atoms with van der Waals surface area (Å²) in [6, 6.07) is 0. The maximum atomic E-state index is 12.9. The van der Waals surface area contributed by atoms with Crippen LogP contribution < -0.4 is 0 Å². The zero-order valence-electron chi connectivity index (χ0n) is 47.6. The molecule has 0 aromatic carbocycles. The van der Waals surface area contributed by atoms with Crippen LogP contribution in [0.4, 0.5) is 0 Å². The molecule has 0 aliphatic rings. The molecule has 0 saturated heterocycles.